The van der Waals surface area contributed by atoms with Gasteiger partial charge in [-0.2, -0.15) is 22.0 Å². The van der Waals surface area contributed by atoms with E-state index in [1.54, 1.807) is 6.92 Å². The first-order valence-electron chi connectivity index (χ1n) is 8.38. The van der Waals surface area contributed by atoms with Crippen LogP contribution in [0.5, 0.6) is 11.5 Å². The summed E-state index contributed by atoms with van der Waals surface area (Å²) in [7, 11) is 1.44. The van der Waals surface area contributed by atoms with Gasteiger partial charge in [0.25, 0.3) is 0 Å². The van der Waals surface area contributed by atoms with Crippen LogP contribution in [0, 0.1) is 0 Å². The van der Waals surface area contributed by atoms with E-state index >= 15 is 0 Å². The zero-order valence-electron chi connectivity index (χ0n) is 15.5. The molecular weight excluding hydrogens is 419 g/mol. The largest absolute Gasteiger partial charge is 0.497 e. The van der Waals surface area contributed by atoms with Crippen LogP contribution in [0.2, 0.25) is 0 Å². The maximum absolute atomic E-state index is 12.6. The molecule has 0 amide bonds. The van der Waals surface area contributed by atoms with E-state index < -0.39 is 18.5 Å². The standard InChI is InChI=1S/C17H19F5N4O2S/c1-3-23-16(25-8-14-26-13(9-29-14)17(20,21)22)24-7-10-6-11(27-2)4-5-12(10)28-15(18)19/h4-6,9,15H,3,7-8H2,1-2H3,(H2,23,24,25). The maximum Gasteiger partial charge on any atom is 0.434 e. The van der Waals surface area contributed by atoms with Gasteiger partial charge in [0.1, 0.15) is 16.5 Å². The third-order valence-corrected chi connectivity index (χ3v) is 4.33. The second-order valence-corrected chi connectivity index (χ2v) is 6.47. The van der Waals surface area contributed by atoms with Gasteiger partial charge in [-0.05, 0) is 25.1 Å². The number of alkyl halides is 5. The molecule has 0 saturated carbocycles. The number of nitrogens with zero attached hydrogens (tertiary/aromatic N) is 2. The van der Waals surface area contributed by atoms with Crippen molar-refractivity contribution in [1.29, 1.82) is 0 Å². The Morgan fingerprint density at radius 2 is 2.03 bits per heavy atom. The first kappa shape index (κ1) is 22.7. The summed E-state index contributed by atoms with van der Waals surface area (Å²) in [6, 6.07) is 4.35. The number of benzene rings is 1. The number of hydrogen-bond acceptors (Lipinski definition) is 5. The van der Waals surface area contributed by atoms with Crippen LogP contribution < -0.4 is 20.1 Å². The number of guanidine groups is 1. The Labute approximate surface area is 167 Å². The van der Waals surface area contributed by atoms with Crippen molar-refractivity contribution in [1.82, 2.24) is 15.6 Å². The van der Waals surface area contributed by atoms with Crippen LogP contribution in [-0.4, -0.2) is 31.2 Å². The summed E-state index contributed by atoms with van der Waals surface area (Å²) in [5, 5.41) is 6.95. The van der Waals surface area contributed by atoms with Crippen molar-refractivity contribution in [2.24, 2.45) is 4.99 Å². The Hall–Kier alpha value is -2.63. The summed E-state index contributed by atoms with van der Waals surface area (Å²) in [5.41, 5.74) is -0.595. The molecule has 0 aliphatic carbocycles. The van der Waals surface area contributed by atoms with E-state index in [0.717, 1.165) is 16.7 Å². The molecule has 0 fully saturated rings. The van der Waals surface area contributed by atoms with Gasteiger partial charge in [0, 0.05) is 17.5 Å². The molecule has 0 aliphatic rings. The van der Waals surface area contributed by atoms with E-state index in [2.05, 4.69) is 25.3 Å². The molecule has 2 N–H and O–H groups in total. The molecule has 0 aliphatic heterocycles. The van der Waals surface area contributed by atoms with E-state index in [4.69, 9.17) is 4.74 Å². The Balaban J connectivity index is 2.11. The predicted octanol–water partition coefficient (Wildman–Crippen LogP) is 4.03. The number of hydrogen-bond donors (Lipinski definition) is 2. The van der Waals surface area contributed by atoms with Crippen LogP contribution in [0.4, 0.5) is 22.0 Å². The second kappa shape index (κ2) is 10.2. The van der Waals surface area contributed by atoms with Gasteiger partial charge in [0.2, 0.25) is 0 Å². The summed E-state index contributed by atoms with van der Waals surface area (Å²) in [6.07, 6.45) is -4.50. The molecule has 0 bridgehead atoms. The molecule has 6 nitrogen and oxygen atoms in total. The van der Waals surface area contributed by atoms with E-state index in [9.17, 15) is 22.0 Å². The topological polar surface area (TPSA) is 67.8 Å². The van der Waals surface area contributed by atoms with Crippen molar-refractivity contribution in [2.75, 3.05) is 13.7 Å². The molecule has 12 heteroatoms. The lowest BCUT2D eigenvalue weighted by Crippen LogP contribution is -2.36. The van der Waals surface area contributed by atoms with E-state index in [0.29, 0.717) is 17.9 Å². The lowest BCUT2D eigenvalue weighted by atomic mass is 10.2. The summed E-state index contributed by atoms with van der Waals surface area (Å²) in [5.74, 6) is 0.675. The maximum atomic E-state index is 12.6. The zero-order valence-corrected chi connectivity index (χ0v) is 16.3. The fourth-order valence-corrected chi connectivity index (χ4v) is 2.95. The van der Waals surface area contributed by atoms with E-state index in [1.165, 1.54) is 25.3 Å². The molecule has 0 radical (unpaired) electrons. The Kier molecular flexibility index (Phi) is 8.00. The molecule has 1 heterocycles. The molecule has 0 spiro atoms. The lowest BCUT2D eigenvalue weighted by molar-refractivity contribution is -0.140. The van der Waals surface area contributed by atoms with Crippen molar-refractivity contribution < 1.29 is 31.4 Å². The number of methoxy groups -OCH3 is 1. The summed E-state index contributed by atoms with van der Waals surface area (Å²) >= 11 is 0.869. The van der Waals surface area contributed by atoms with Gasteiger partial charge in [-0.3, -0.25) is 0 Å². The highest BCUT2D eigenvalue weighted by Crippen LogP contribution is 2.30. The SMILES string of the molecule is CCNC(=NCc1cc(OC)ccc1OC(F)F)NCc1nc(C(F)(F)F)cs1. The molecule has 1 aromatic carbocycles. The minimum Gasteiger partial charge on any atom is -0.497 e. The fraction of sp³-hybridized carbons (Fsp3) is 0.412. The van der Waals surface area contributed by atoms with Crippen LogP contribution in [0.1, 0.15) is 23.2 Å². The second-order valence-electron chi connectivity index (χ2n) is 5.53. The molecule has 0 unspecified atom stereocenters. The van der Waals surface area contributed by atoms with Crippen LogP contribution in [0.15, 0.2) is 28.6 Å². The van der Waals surface area contributed by atoms with Gasteiger partial charge in [-0.1, -0.05) is 0 Å². The predicted molar refractivity (Wildman–Crippen MR) is 98.4 cm³/mol. The highest BCUT2D eigenvalue weighted by molar-refractivity contribution is 7.09. The summed E-state index contributed by atoms with van der Waals surface area (Å²) in [6.45, 7) is -0.717. The van der Waals surface area contributed by atoms with E-state index in [1.807, 2.05) is 0 Å². The third kappa shape index (κ3) is 7.04. The Morgan fingerprint density at radius 1 is 1.28 bits per heavy atom. The summed E-state index contributed by atoms with van der Waals surface area (Å²) < 4.78 is 72.7. The smallest absolute Gasteiger partial charge is 0.434 e. The zero-order chi connectivity index (χ0) is 21.4. The van der Waals surface area contributed by atoms with Crippen LogP contribution in [0.3, 0.4) is 0 Å². The van der Waals surface area contributed by atoms with Crippen LogP contribution in [-0.2, 0) is 19.3 Å². The van der Waals surface area contributed by atoms with Gasteiger partial charge >= 0.3 is 12.8 Å². The number of aliphatic imine (C=N–C) groups is 1. The lowest BCUT2D eigenvalue weighted by Gasteiger charge is -2.13. The van der Waals surface area contributed by atoms with Crippen molar-refractivity contribution in [2.45, 2.75) is 32.8 Å². The van der Waals surface area contributed by atoms with Crippen LogP contribution in [0.25, 0.3) is 0 Å². The minimum absolute atomic E-state index is 0.0189. The van der Waals surface area contributed by atoms with Gasteiger partial charge in [-0.15, -0.1) is 11.3 Å². The highest BCUT2D eigenvalue weighted by atomic mass is 32.1. The van der Waals surface area contributed by atoms with Crippen molar-refractivity contribution in [3.05, 3.63) is 39.8 Å². The van der Waals surface area contributed by atoms with Gasteiger partial charge in [-0.25, -0.2) is 9.98 Å². The first-order valence-corrected chi connectivity index (χ1v) is 9.26. The monoisotopic (exact) mass is 438 g/mol. The number of thiazole rings is 1. The number of rotatable bonds is 8. The van der Waals surface area contributed by atoms with Crippen molar-refractivity contribution in [3.63, 3.8) is 0 Å². The number of nitrogens with one attached hydrogen (secondary N) is 2. The number of halogens is 5. The molecule has 0 saturated heterocycles. The van der Waals surface area contributed by atoms with Gasteiger partial charge in [0.15, 0.2) is 11.7 Å². The average Bonchev–Trinajstić information content (AvgIpc) is 3.14. The van der Waals surface area contributed by atoms with Crippen molar-refractivity contribution in [3.8, 4) is 11.5 Å². The molecule has 160 valence electrons. The fourth-order valence-electron chi connectivity index (χ4n) is 2.20. The molecular formula is C17H19F5N4O2S. The minimum atomic E-state index is -4.50. The van der Waals surface area contributed by atoms with Crippen molar-refractivity contribution >= 4 is 17.3 Å². The summed E-state index contributed by atoms with van der Waals surface area (Å²) in [4.78, 5) is 7.80. The Morgan fingerprint density at radius 3 is 2.62 bits per heavy atom. The Bertz CT molecular complexity index is 826. The first-order chi connectivity index (χ1) is 13.7. The highest BCUT2D eigenvalue weighted by Gasteiger charge is 2.33. The van der Waals surface area contributed by atoms with Crippen LogP contribution >= 0.6 is 11.3 Å². The third-order valence-electron chi connectivity index (χ3n) is 3.48. The van der Waals surface area contributed by atoms with Gasteiger partial charge < -0.3 is 20.1 Å². The number of aromatic nitrogens is 1. The molecule has 2 aromatic rings. The molecule has 0 atom stereocenters. The van der Waals surface area contributed by atoms with E-state index in [-0.39, 0.29) is 29.8 Å². The quantitative estimate of drug-likeness (QED) is 0.370. The molecule has 29 heavy (non-hydrogen) atoms. The molecule has 2 rings (SSSR count). The number of ether oxygens (including phenoxy) is 2. The average molecular weight is 438 g/mol. The van der Waals surface area contributed by atoms with Gasteiger partial charge in [0.05, 0.1) is 20.2 Å². The molecule has 1 aromatic heterocycles. The normalized spacial score (nSPS) is 12.2.